The molecular weight excluding hydrogens is 530 g/mol. The second kappa shape index (κ2) is 12.8. The predicted octanol–water partition coefficient (Wildman–Crippen LogP) is -1.14. The third-order valence-corrected chi connectivity index (χ3v) is 7.67. The molecule has 8 N–H and O–H groups in total. The zero-order valence-corrected chi connectivity index (χ0v) is 21.6. The number of sulfonamides is 1. The first-order valence-corrected chi connectivity index (χ1v) is 13.3. The second-order valence-corrected chi connectivity index (χ2v) is 10.5. The molecule has 1 aliphatic rings. The standard InChI is InChI=1S/C24H29N7O7S/c25-24(26)29-16-7-4-6-15(12-16)21(33)28-14-20(32)27-13-18(23(35)36)30-22(34)19-10-5-11-31(19)39(37,38)17-8-2-1-3-9-17/h1-4,6-9,12,18-19H,5,10-11,13-14H2,(H,27,32)(H,28,33)(H,30,34)(H,35,36)(H4,25,26,29)/t18-,19?/m0/s1. The number of benzene rings is 2. The molecule has 0 aromatic heterocycles. The number of nitrogens with two attached hydrogens (primary N) is 2. The number of guanidine groups is 1. The third kappa shape index (κ3) is 7.75. The highest BCUT2D eigenvalue weighted by molar-refractivity contribution is 7.89. The van der Waals surface area contributed by atoms with Gasteiger partial charge in [0.05, 0.1) is 17.1 Å². The highest BCUT2D eigenvalue weighted by Crippen LogP contribution is 2.26. The molecule has 0 radical (unpaired) electrons. The maximum atomic E-state index is 13.0. The van der Waals surface area contributed by atoms with Crippen molar-refractivity contribution in [1.82, 2.24) is 20.3 Å². The number of carbonyl (C=O) groups excluding carboxylic acids is 3. The fraction of sp³-hybridized carbons (Fsp3) is 0.292. The number of rotatable bonds is 11. The van der Waals surface area contributed by atoms with Crippen LogP contribution in [0, 0.1) is 0 Å². The summed E-state index contributed by atoms with van der Waals surface area (Å²) in [6.07, 6.45) is 0.639. The SMILES string of the molecule is NC(N)=Nc1cccc(C(=O)NCC(=O)NC[C@H](NC(=O)C2CCCN2S(=O)(=O)c2ccccc2)C(=O)O)c1. The van der Waals surface area contributed by atoms with E-state index in [1.165, 1.54) is 24.3 Å². The van der Waals surface area contributed by atoms with Crippen LogP contribution in [-0.2, 0) is 24.4 Å². The molecule has 2 aromatic carbocycles. The Hall–Kier alpha value is -4.50. The topological polar surface area (TPSA) is 226 Å². The lowest BCUT2D eigenvalue weighted by Crippen LogP contribution is -2.54. The van der Waals surface area contributed by atoms with Crippen LogP contribution in [0.2, 0.25) is 0 Å². The molecule has 1 heterocycles. The minimum absolute atomic E-state index is 0.0248. The Balaban J connectivity index is 1.55. The highest BCUT2D eigenvalue weighted by atomic mass is 32.2. The van der Waals surface area contributed by atoms with Crippen molar-refractivity contribution in [3.8, 4) is 0 Å². The molecule has 208 valence electrons. The van der Waals surface area contributed by atoms with E-state index in [2.05, 4.69) is 20.9 Å². The molecule has 1 unspecified atom stereocenters. The van der Waals surface area contributed by atoms with Crippen molar-refractivity contribution in [1.29, 1.82) is 0 Å². The Morgan fingerprint density at radius 1 is 1.05 bits per heavy atom. The summed E-state index contributed by atoms with van der Waals surface area (Å²) in [5, 5.41) is 16.6. The highest BCUT2D eigenvalue weighted by Gasteiger charge is 2.40. The zero-order valence-electron chi connectivity index (χ0n) is 20.7. The monoisotopic (exact) mass is 559 g/mol. The summed E-state index contributed by atoms with van der Waals surface area (Å²) in [4.78, 5) is 53.0. The van der Waals surface area contributed by atoms with Crippen molar-refractivity contribution in [2.24, 2.45) is 16.5 Å². The lowest BCUT2D eigenvalue weighted by Gasteiger charge is -2.25. The molecule has 0 spiro atoms. The number of carbonyl (C=O) groups is 4. The van der Waals surface area contributed by atoms with Gasteiger partial charge < -0.3 is 32.5 Å². The van der Waals surface area contributed by atoms with Gasteiger partial charge in [-0.2, -0.15) is 4.31 Å². The molecule has 14 nitrogen and oxygen atoms in total. The van der Waals surface area contributed by atoms with Crippen LogP contribution in [0.25, 0.3) is 0 Å². The predicted molar refractivity (Wildman–Crippen MR) is 140 cm³/mol. The maximum absolute atomic E-state index is 13.0. The molecule has 2 aromatic rings. The van der Waals surface area contributed by atoms with Crippen molar-refractivity contribution in [2.75, 3.05) is 19.6 Å². The molecule has 3 rings (SSSR count). The second-order valence-electron chi connectivity index (χ2n) is 8.56. The number of hydrogen-bond donors (Lipinski definition) is 6. The Bertz CT molecular complexity index is 1360. The van der Waals surface area contributed by atoms with Crippen molar-refractivity contribution < 1.29 is 32.7 Å². The van der Waals surface area contributed by atoms with Gasteiger partial charge in [-0.1, -0.05) is 24.3 Å². The summed E-state index contributed by atoms with van der Waals surface area (Å²) < 4.78 is 27.0. The molecular formula is C24H29N7O7S. The molecule has 1 saturated heterocycles. The zero-order chi connectivity index (χ0) is 28.6. The van der Waals surface area contributed by atoms with Crippen molar-refractivity contribution >= 4 is 45.4 Å². The van der Waals surface area contributed by atoms with Gasteiger partial charge in [0.1, 0.15) is 12.1 Å². The van der Waals surface area contributed by atoms with Gasteiger partial charge >= 0.3 is 5.97 Å². The van der Waals surface area contributed by atoms with E-state index in [1.807, 2.05) is 0 Å². The fourth-order valence-corrected chi connectivity index (χ4v) is 5.57. The maximum Gasteiger partial charge on any atom is 0.328 e. The summed E-state index contributed by atoms with van der Waals surface area (Å²) in [5.74, 6) is -3.71. The minimum atomic E-state index is -3.97. The van der Waals surface area contributed by atoms with Crippen molar-refractivity contribution in [3.05, 3.63) is 60.2 Å². The van der Waals surface area contributed by atoms with E-state index in [1.54, 1.807) is 30.3 Å². The Labute approximate surface area is 224 Å². The number of nitrogens with one attached hydrogen (secondary N) is 3. The molecule has 39 heavy (non-hydrogen) atoms. The van der Waals surface area contributed by atoms with Gasteiger partial charge in [0, 0.05) is 18.7 Å². The van der Waals surface area contributed by atoms with Gasteiger partial charge in [-0.05, 0) is 43.2 Å². The quantitative estimate of drug-likeness (QED) is 0.144. The van der Waals surface area contributed by atoms with Crippen LogP contribution in [0.15, 0.2) is 64.5 Å². The largest absolute Gasteiger partial charge is 0.480 e. The van der Waals surface area contributed by atoms with Crippen LogP contribution in [0.4, 0.5) is 5.69 Å². The Morgan fingerprint density at radius 3 is 2.44 bits per heavy atom. The van der Waals surface area contributed by atoms with E-state index < -0.39 is 58.9 Å². The minimum Gasteiger partial charge on any atom is -0.480 e. The number of hydrogen-bond acceptors (Lipinski definition) is 7. The number of carboxylic acid groups (broad SMARTS) is 1. The number of carboxylic acids is 1. The summed E-state index contributed by atoms with van der Waals surface area (Å²) in [7, 11) is -3.97. The van der Waals surface area contributed by atoms with Crippen molar-refractivity contribution in [2.45, 2.75) is 29.8 Å². The average Bonchev–Trinajstić information content (AvgIpc) is 3.41. The molecule has 0 saturated carbocycles. The van der Waals surface area contributed by atoms with E-state index >= 15 is 0 Å². The molecule has 0 bridgehead atoms. The summed E-state index contributed by atoms with van der Waals surface area (Å²) in [6.45, 7) is -0.858. The lowest BCUT2D eigenvalue weighted by atomic mass is 10.2. The molecule has 1 fully saturated rings. The van der Waals surface area contributed by atoms with Crippen LogP contribution >= 0.6 is 0 Å². The van der Waals surface area contributed by atoms with Crippen LogP contribution in [0.1, 0.15) is 23.2 Å². The first kappa shape index (κ1) is 29.1. The Morgan fingerprint density at radius 2 is 1.77 bits per heavy atom. The van der Waals surface area contributed by atoms with Crippen LogP contribution in [-0.4, -0.2) is 79.2 Å². The molecule has 1 aliphatic heterocycles. The molecule has 2 atom stereocenters. The Kier molecular flexibility index (Phi) is 9.57. The normalized spacial score (nSPS) is 16.1. The number of amides is 3. The molecule has 15 heteroatoms. The van der Waals surface area contributed by atoms with Crippen LogP contribution < -0.4 is 27.4 Å². The summed E-state index contributed by atoms with van der Waals surface area (Å²) >= 11 is 0. The van der Waals surface area contributed by atoms with E-state index in [0.29, 0.717) is 12.1 Å². The fourth-order valence-electron chi connectivity index (χ4n) is 3.89. The van der Waals surface area contributed by atoms with Gasteiger partial charge in [0.2, 0.25) is 21.8 Å². The smallest absolute Gasteiger partial charge is 0.328 e. The van der Waals surface area contributed by atoms with Gasteiger partial charge in [-0.25, -0.2) is 18.2 Å². The average molecular weight is 560 g/mol. The first-order chi connectivity index (χ1) is 18.5. The summed E-state index contributed by atoms with van der Waals surface area (Å²) in [5.41, 5.74) is 11.2. The van der Waals surface area contributed by atoms with E-state index in [9.17, 15) is 32.7 Å². The van der Waals surface area contributed by atoms with Gasteiger partial charge in [-0.15, -0.1) is 0 Å². The van der Waals surface area contributed by atoms with Crippen molar-refractivity contribution in [3.63, 3.8) is 0 Å². The number of nitrogens with zero attached hydrogens (tertiary/aromatic N) is 2. The summed E-state index contributed by atoms with van der Waals surface area (Å²) in [6, 6.07) is 11.0. The van der Waals surface area contributed by atoms with Gasteiger partial charge in [-0.3, -0.25) is 14.4 Å². The molecule has 3 amide bonds. The number of aliphatic carboxylic acids is 1. The van der Waals surface area contributed by atoms with E-state index in [-0.39, 0.29) is 29.4 Å². The third-order valence-electron chi connectivity index (χ3n) is 5.75. The van der Waals surface area contributed by atoms with E-state index in [4.69, 9.17) is 11.5 Å². The van der Waals surface area contributed by atoms with Crippen LogP contribution in [0.5, 0.6) is 0 Å². The van der Waals surface area contributed by atoms with E-state index in [0.717, 1.165) is 4.31 Å². The lowest BCUT2D eigenvalue weighted by molar-refractivity contribution is -0.142. The molecule has 0 aliphatic carbocycles. The first-order valence-electron chi connectivity index (χ1n) is 11.8. The number of aliphatic imine (C=N–C) groups is 1. The van der Waals surface area contributed by atoms with Crippen LogP contribution in [0.3, 0.4) is 0 Å². The van der Waals surface area contributed by atoms with Gasteiger partial charge in [0.25, 0.3) is 5.91 Å². The van der Waals surface area contributed by atoms with Gasteiger partial charge in [0.15, 0.2) is 5.96 Å².